The largest absolute Gasteiger partial charge is 0.465 e. The molecule has 1 fully saturated rings. The van der Waals surface area contributed by atoms with Gasteiger partial charge in [-0.15, -0.1) is 0 Å². The van der Waals surface area contributed by atoms with Crippen LogP contribution in [0.15, 0.2) is 18.3 Å². The fraction of sp³-hybridized carbons (Fsp3) is 0.545. The van der Waals surface area contributed by atoms with Crippen molar-refractivity contribution in [2.75, 3.05) is 25.1 Å². The van der Waals surface area contributed by atoms with E-state index in [-0.39, 0.29) is 18.2 Å². The molecule has 162 valence electrons. The van der Waals surface area contributed by atoms with Crippen molar-refractivity contribution >= 4 is 28.7 Å². The van der Waals surface area contributed by atoms with Gasteiger partial charge in [0.15, 0.2) is 0 Å². The second-order valence-corrected chi connectivity index (χ2v) is 8.79. The SMILES string of the molecule is COC(=O)c1ccc(N2C[C@@H](C)N(C(=O)OC(C)(C)C)[C@@H](C)C2)c2cnc(C)nc12. The molecule has 3 rings (SSSR count). The average Bonchev–Trinajstić information content (AvgIpc) is 2.64. The number of nitrogens with zero attached hydrogens (tertiary/aromatic N) is 4. The van der Waals surface area contributed by atoms with E-state index in [4.69, 9.17) is 9.47 Å². The number of aryl methyl sites for hydroxylation is 1. The molecule has 2 atom stereocenters. The lowest BCUT2D eigenvalue weighted by Crippen LogP contribution is -2.59. The third-order valence-electron chi connectivity index (χ3n) is 5.12. The number of rotatable bonds is 2. The van der Waals surface area contributed by atoms with Crippen LogP contribution in [-0.4, -0.2) is 64.8 Å². The van der Waals surface area contributed by atoms with Crippen molar-refractivity contribution in [1.82, 2.24) is 14.9 Å². The lowest BCUT2D eigenvalue weighted by molar-refractivity contribution is 0.00566. The first-order chi connectivity index (χ1) is 14.0. The van der Waals surface area contributed by atoms with Gasteiger partial charge < -0.3 is 14.4 Å². The number of hydrogen-bond acceptors (Lipinski definition) is 7. The molecule has 2 heterocycles. The van der Waals surface area contributed by atoms with E-state index in [9.17, 15) is 9.59 Å². The van der Waals surface area contributed by atoms with Gasteiger partial charge in [0.05, 0.1) is 30.3 Å². The van der Waals surface area contributed by atoms with Crippen molar-refractivity contribution in [1.29, 1.82) is 0 Å². The molecule has 0 radical (unpaired) electrons. The topological polar surface area (TPSA) is 84.9 Å². The van der Waals surface area contributed by atoms with Crippen molar-refractivity contribution in [3.05, 3.63) is 29.7 Å². The second kappa shape index (κ2) is 8.08. The summed E-state index contributed by atoms with van der Waals surface area (Å²) in [6.45, 7) is 12.7. The van der Waals surface area contributed by atoms with Crippen molar-refractivity contribution in [3.8, 4) is 0 Å². The molecule has 0 aliphatic carbocycles. The van der Waals surface area contributed by atoms with Gasteiger partial charge in [-0.3, -0.25) is 4.90 Å². The molecule has 8 nitrogen and oxygen atoms in total. The maximum atomic E-state index is 12.7. The van der Waals surface area contributed by atoms with Crippen molar-refractivity contribution in [2.45, 2.75) is 59.2 Å². The molecule has 1 aliphatic heterocycles. The molecule has 2 aromatic rings. The molecule has 0 saturated carbocycles. The summed E-state index contributed by atoms with van der Waals surface area (Å²) in [5, 5.41) is 0.786. The smallest absolute Gasteiger partial charge is 0.410 e. The van der Waals surface area contributed by atoms with E-state index in [1.54, 1.807) is 24.1 Å². The first kappa shape index (κ1) is 21.8. The number of carbonyl (C=O) groups excluding carboxylic acids is 2. The highest BCUT2D eigenvalue weighted by Gasteiger charge is 2.36. The fourth-order valence-corrected chi connectivity index (χ4v) is 3.94. The first-order valence-corrected chi connectivity index (χ1v) is 10.1. The maximum Gasteiger partial charge on any atom is 0.410 e. The van der Waals surface area contributed by atoms with Crippen LogP contribution in [0.4, 0.5) is 10.5 Å². The highest BCUT2D eigenvalue weighted by atomic mass is 16.6. The van der Waals surface area contributed by atoms with Crippen LogP contribution in [0.1, 0.15) is 50.8 Å². The monoisotopic (exact) mass is 414 g/mol. The maximum absolute atomic E-state index is 12.7. The van der Waals surface area contributed by atoms with Crippen molar-refractivity contribution in [2.24, 2.45) is 0 Å². The lowest BCUT2D eigenvalue weighted by Gasteiger charge is -2.45. The quantitative estimate of drug-likeness (QED) is 0.695. The van der Waals surface area contributed by atoms with E-state index in [1.807, 2.05) is 40.7 Å². The van der Waals surface area contributed by atoms with Crippen LogP contribution in [0.5, 0.6) is 0 Å². The highest BCUT2D eigenvalue weighted by Crippen LogP contribution is 2.31. The molecule has 30 heavy (non-hydrogen) atoms. The molecule has 1 aliphatic rings. The number of ether oxygens (including phenoxy) is 2. The Bertz CT molecular complexity index is 957. The van der Waals surface area contributed by atoms with Gasteiger partial charge in [0.25, 0.3) is 0 Å². The third-order valence-corrected chi connectivity index (χ3v) is 5.12. The van der Waals surface area contributed by atoms with Gasteiger partial charge in [-0.2, -0.15) is 0 Å². The Morgan fingerprint density at radius 2 is 1.77 bits per heavy atom. The number of hydrogen-bond donors (Lipinski definition) is 0. The van der Waals surface area contributed by atoms with Gasteiger partial charge in [-0.25, -0.2) is 19.6 Å². The number of piperazine rings is 1. The van der Waals surface area contributed by atoms with E-state index < -0.39 is 11.6 Å². The predicted molar refractivity (Wildman–Crippen MR) is 115 cm³/mol. The summed E-state index contributed by atoms with van der Waals surface area (Å²) in [6, 6.07) is 3.54. The normalized spacial score (nSPS) is 19.7. The van der Waals surface area contributed by atoms with Crippen LogP contribution in [0.2, 0.25) is 0 Å². The summed E-state index contributed by atoms with van der Waals surface area (Å²) >= 11 is 0. The Hall–Kier alpha value is -2.90. The van der Waals surface area contributed by atoms with Crippen LogP contribution in [-0.2, 0) is 9.47 Å². The Morgan fingerprint density at radius 1 is 1.13 bits per heavy atom. The second-order valence-electron chi connectivity index (χ2n) is 8.79. The average molecular weight is 415 g/mol. The number of amides is 1. The number of benzene rings is 1. The van der Waals surface area contributed by atoms with Gasteiger partial charge in [0, 0.05) is 30.4 Å². The minimum atomic E-state index is -0.539. The molecular formula is C22H30N4O4. The number of anilines is 1. The lowest BCUT2D eigenvalue weighted by atomic mass is 10.0. The Labute approximate surface area is 177 Å². The molecule has 8 heteroatoms. The van der Waals surface area contributed by atoms with Gasteiger partial charge in [0.1, 0.15) is 11.4 Å². The van der Waals surface area contributed by atoms with Crippen LogP contribution in [0.3, 0.4) is 0 Å². The van der Waals surface area contributed by atoms with Crippen LogP contribution >= 0.6 is 0 Å². The predicted octanol–water partition coefficient (Wildman–Crippen LogP) is 3.56. The Kier molecular flexibility index (Phi) is 5.87. The summed E-state index contributed by atoms with van der Waals surface area (Å²) in [5.74, 6) is 0.155. The van der Waals surface area contributed by atoms with E-state index in [1.165, 1.54) is 7.11 Å². The molecule has 0 spiro atoms. The summed E-state index contributed by atoms with van der Waals surface area (Å²) in [5.41, 5.74) is 1.38. The fourth-order valence-electron chi connectivity index (χ4n) is 3.94. The van der Waals surface area contributed by atoms with Gasteiger partial charge >= 0.3 is 12.1 Å². The summed E-state index contributed by atoms with van der Waals surface area (Å²) in [6.07, 6.45) is 1.45. The molecular weight excluding hydrogens is 384 g/mol. The zero-order chi connectivity index (χ0) is 22.2. The molecule has 0 unspecified atom stereocenters. The van der Waals surface area contributed by atoms with Crippen molar-refractivity contribution < 1.29 is 19.1 Å². The molecule has 1 aromatic carbocycles. The number of esters is 1. The summed E-state index contributed by atoms with van der Waals surface area (Å²) in [7, 11) is 1.36. The minimum absolute atomic E-state index is 0.0506. The minimum Gasteiger partial charge on any atom is -0.465 e. The summed E-state index contributed by atoms with van der Waals surface area (Å²) < 4.78 is 10.5. The molecule has 1 saturated heterocycles. The van der Waals surface area contributed by atoms with E-state index in [0.717, 1.165) is 11.1 Å². The van der Waals surface area contributed by atoms with Crippen LogP contribution in [0, 0.1) is 6.92 Å². The van der Waals surface area contributed by atoms with Crippen LogP contribution < -0.4 is 4.90 Å². The van der Waals surface area contributed by atoms with E-state index in [2.05, 4.69) is 14.9 Å². The first-order valence-electron chi connectivity index (χ1n) is 10.1. The van der Waals surface area contributed by atoms with E-state index in [0.29, 0.717) is 30.0 Å². The summed E-state index contributed by atoms with van der Waals surface area (Å²) in [4.78, 5) is 37.7. The molecule has 0 N–H and O–H groups in total. The number of fused-ring (bicyclic) bond motifs is 1. The zero-order valence-corrected chi connectivity index (χ0v) is 18.7. The molecule has 0 bridgehead atoms. The van der Waals surface area contributed by atoms with Gasteiger partial charge in [0.2, 0.25) is 0 Å². The third kappa shape index (κ3) is 4.32. The highest BCUT2D eigenvalue weighted by molar-refractivity contribution is 6.06. The Morgan fingerprint density at radius 3 is 2.33 bits per heavy atom. The van der Waals surface area contributed by atoms with Crippen LogP contribution in [0.25, 0.3) is 10.9 Å². The van der Waals surface area contributed by atoms with Gasteiger partial charge in [-0.05, 0) is 53.7 Å². The number of methoxy groups -OCH3 is 1. The molecule has 1 amide bonds. The molecule has 1 aromatic heterocycles. The van der Waals surface area contributed by atoms with Gasteiger partial charge in [-0.1, -0.05) is 0 Å². The standard InChI is InChI=1S/C22H30N4O4/c1-13-11-25(12-14(2)26(13)21(28)30-22(4,5)6)18-9-8-16(20(27)29-7)19-17(18)10-23-15(3)24-19/h8-10,13-14H,11-12H2,1-7H3/t13-,14+. The van der Waals surface area contributed by atoms with E-state index >= 15 is 0 Å². The Balaban J connectivity index is 1.94. The zero-order valence-electron chi connectivity index (χ0n) is 18.7. The number of aromatic nitrogens is 2. The number of carbonyl (C=O) groups is 2. The van der Waals surface area contributed by atoms with Crippen molar-refractivity contribution in [3.63, 3.8) is 0 Å².